The van der Waals surface area contributed by atoms with E-state index in [9.17, 15) is 18.0 Å². The number of sulfonamides is 1. The van der Waals surface area contributed by atoms with Gasteiger partial charge in [-0.15, -0.1) is 0 Å². The Hall–Kier alpha value is -1.16. The van der Waals surface area contributed by atoms with Crippen LogP contribution in [0.15, 0.2) is 27.6 Å². The molecule has 1 aromatic carbocycles. The van der Waals surface area contributed by atoms with Gasteiger partial charge in [0, 0.05) is 4.47 Å². The molecule has 7 nitrogen and oxygen atoms in total. The smallest absolute Gasteiger partial charge is 0.322 e. The maximum absolute atomic E-state index is 11.9. The van der Waals surface area contributed by atoms with Crippen LogP contribution in [0.3, 0.4) is 0 Å². The zero-order valence-electron chi connectivity index (χ0n) is 9.89. The van der Waals surface area contributed by atoms with Crippen LogP contribution in [0, 0.1) is 0 Å². The first-order valence-corrected chi connectivity index (χ1v) is 7.81. The molecule has 0 aliphatic heterocycles. The summed E-state index contributed by atoms with van der Waals surface area (Å²) >= 11 is 8.84. The van der Waals surface area contributed by atoms with Crippen molar-refractivity contribution in [3.05, 3.63) is 27.7 Å². The number of carboxylic acids is 1. The normalized spacial score (nSPS) is 11.1. The third-order valence-corrected chi connectivity index (χ3v) is 4.67. The van der Waals surface area contributed by atoms with Gasteiger partial charge in [0.1, 0.15) is 6.54 Å². The van der Waals surface area contributed by atoms with Crippen LogP contribution in [0.1, 0.15) is 0 Å². The Kier molecular flexibility index (Phi) is 5.93. The minimum absolute atomic E-state index is 0.0696. The molecule has 0 aliphatic carbocycles. The predicted octanol–water partition coefficient (Wildman–Crippen LogP) is 0.582. The Morgan fingerprint density at radius 2 is 1.95 bits per heavy atom. The van der Waals surface area contributed by atoms with Gasteiger partial charge >= 0.3 is 5.97 Å². The minimum atomic E-state index is -3.88. The molecule has 0 fully saturated rings. The SMILES string of the molecule is O=C(O)CNC(=O)CNS(=O)(=O)c1ccc(Cl)c(Br)c1. The van der Waals surface area contributed by atoms with Crippen LogP contribution in [0.5, 0.6) is 0 Å². The fraction of sp³-hybridized carbons (Fsp3) is 0.200. The summed E-state index contributed by atoms with van der Waals surface area (Å²) in [6, 6.07) is 3.97. The van der Waals surface area contributed by atoms with E-state index in [1.807, 2.05) is 10.0 Å². The van der Waals surface area contributed by atoms with Gasteiger partial charge in [-0.25, -0.2) is 13.1 Å². The topological polar surface area (TPSA) is 113 Å². The molecule has 110 valence electrons. The molecule has 1 aromatic rings. The summed E-state index contributed by atoms with van der Waals surface area (Å²) in [5, 5.41) is 10.7. The van der Waals surface area contributed by atoms with E-state index in [0.29, 0.717) is 9.50 Å². The summed E-state index contributed by atoms with van der Waals surface area (Å²) in [5.41, 5.74) is 0. The van der Waals surface area contributed by atoms with Crippen LogP contribution in [0.2, 0.25) is 5.02 Å². The van der Waals surface area contributed by atoms with Crippen LogP contribution < -0.4 is 10.0 Å². The summed E-state index contributed by atoms with van der Waals surface area (Å²) in [6.45, 7) is -1.14. The Balaban J connectivity index is 2.68. The average Bonchev–Trinajstić information content (AvgIpc) is 2.37. The molecule has 10 heteroatoms. The molecular weight excluding hydrogens is 376 g/mol. The lowest BCUT2D eigenvalue weighted by Gasteiger charge is -2.07. The van der Waals surface area contributed by atoms with Crippen molar-refractivity contribution >= 4 is 49.4 Å². The molecule has 0 aliphatic rings. The molecule has 0 aromatic heterocycles. The third kappa shape index (κ3) is 5.08. The first-order chi connectivity index (χ1) is 9.22. The monoisotopic (exact) mass is 384 g/mol. The lowest BCUT2D eigenvalue weighted by Crippen LogP contribution is -2.38. The first kappa shape index (κ1) is 16.9. The van der Waals surface area contributed by atoms with Gasteiger partial charge in [0.2, 0.25) is 15.9 Å². The van der Waals surface area contributed by atoms with Crippen molar-refractivity contribution in [3.63, 3.8) is 0 Å². The first-order valence-electron chi connectivity index (χ1n) is 5.15. The second-order valence-electron chi connectivity index (χ2n) is 3.57. The van der Waals surface area contributed by atoms with Crippen LogP contribution in [-0.2, 0) is 19.6 Å². The fourth-order valence-electron chi connectivity index (χ4n) is 1.12. The molecule has 20 heavy (non-hydrogen) atoms. The van der Waals surface area contributed by atoms with E-state index < -0.39 is 35.0 Å². The van der Waals surface area contributed by atoms with E-state index in [2.05, 4.69) is 15.9 Å². The molecule has 0 radical (unpaired) electrons. The van der Waals surface area contributed by atoms with E-state index in [-0.39, 0.29) is 4.90 Å². The Morgan fingerprint density at radius 3 is 2.50 bits per heavy atom. The molecule has 1 rings (SSSR count). The van der Waals surface area contributed by atoms with E-state index in [1.165, 1.54) is 18.2 Å². The van der Waals surface area contributed by atoms with Gasteiger partial charge in [0.05, 0.1) is 16.5 Å². The quantitative estimate of drug-likeness (QED) is 0.663. The molecule has 0 heterocycles. The van der Waals surface area contributed by atoms with Gasteiger partial charge in [-0.3, -0.25) is 9.59 Å². The number of rotatable bonds is 6. The number of aliphatic carboxylic acids is 1. The van der Waals surface area contributed by atoms with E-state index >= 15 is 0 Å². The summed E-state index contributed by atoms with van der Waals surface area (Å²) in [5.74, 6) is -1.97. The number of amides is 1. The maximum Gasteiger partial charge on any atom is 0.322 e. The van der Waals surface area contributed by atoms with Crippen LogP contribution in [-0.4, -0.2) is 38.5 Å². The fourth-order valence-corrected chi connectivity index (χ4v) is 2.78. The second kappa shape index (κ2) is 7.02. The summed E-state index contributed by atoms with van der Waals surface area (Å²) in [6.07, 6.45) is 0. The molecule has 0 saturated carbocycles. The summed E-state index contributed by atoms with van der Waals surface area (Å²) in [7, 11) is -3.88. The lowest BCUT2D eigenvalue weighted by atomic mass is 10.4. The highest BCUT2D eigenvalue weighted by Crippen LogP contribution is 2.25. The van der Waals surface area contributed by atoms with Crippen LogP contribution in [0.25, 0.3) is 0 Å². The van der Waals surface area contributed by atoms with Gasteiger partial charge < -0.3 is 10.4 Å². The number of carboxylic acid groups (broad SMARTS) is 1. The largest absolute Gasteiger partial charge is 0.480 e. The molecular formula is C10H10BrClN2O5S. The Bertz CT molecular complexity index is 635. The second-order valence-corrected chi connectivity index (χ2v) is 6.60. The van der Waals surface area contributed by atoms with E-state index in [0.717, 1.165) is 0 Å². The number of halogens is 2. The van der Waals surface area contributed by atoms with E-state index in [1.54, 1.807) is 0 Å². The molecule has 1 amide bonds. The van der Waals surface area contributed by atoms with Crippen LogP contribution >= 0.6 is 27.5 Å². The van der Waals surface area contributed by atoms with Gasteiger partial charge in [0.15, 0.2) is 0 Å². The van der Waals surface area contributed by atoms with Crippen LogP contribution in [0.4, 0.5) is 0 Å². The number of hydrogen-bond donors (Lipinski definition) is 3. The third-order valence-electron chi connectivity index (χ3n) is 2.06. The van der Waals surface area contributed by atoms with E-state index in [4.69, 9.17) is 16.7 Å². The lowest BCUT2D eigenvalue weighted by molar-refractivity contribution is -0.137. The highest BCUT2D eigenvalue weighted by molar-refractivity contribution is 9.10. The minimum Gasteiger partial charge on any atom is -0.480 e. The van der Waals surface area contributed by atoms with Crippen molar-refractivity contribution in [2.24, 2.45) is 0 Å². The number of nitrogens with one attached hydrogen (secondary N) is 2. The highest BCUT2D eigenvalue weighted by atomic mass is 79.9. The molecule has 0 spiro atoms. The van der Waals surface area contributed by atoms with Crippen molar-refractivity contribution in [1.82, 2.24) is 10.0 Å². The number of carbonyl (C=O) groups is 2. The maximum atomic E-state index is 11.9. The van der Waals surface area contributed by atoms with Gasteiger partial charge in [0.25, 0.3) is 0 Å². The zero-order chi connectivity index (χ0) is 15.3. The average molecular weight is 386 g/mol. The molecule has 0 unspecified atom stereocenters. The molecule has 0 bridgehead atoms. The highest BCUT2D eigenvalue weighted by Gasteiger charge is 2.16. The number of carbonyl (C=O) groups excluding carboxylic acids is 1. The Labute approximate surface area is 128 Å². The van der Waals surface area contributed by atoms with Crippen molar-refractivity contribution < 1.29 is 23.1 Å². The van der Waals surface area contributed by atoms with Gasteiger partial charge in [-0.2, -0.15) is 0 Å². The zero-order valence-corrected chi connectivity index (χ0v) is 13.0. The molecule has 0 saturated heterocycles. The summed E-state index contributed by atoms with van der Waals surface area (Å²) < 4.78 is 26.2. The summed E-state index contributed by atoms with van der Waals surface area (Å²) in [4.78, 5) is 21.4. The predicted molar refractivity (Wildman–Crippen MR) is 75.0 cm³/mol. The number of hydrogen-bond acceptors (Lipinski definition) is 4. The molecule has 3 N–H and O–H groups in total. The van der Waals surface area contributed by atoms with Crippen molar-refractivity contribution in [2.45, 2.75) is 4.90 Å². The van der Waals surface area contributed by atoms with Crippen molar-refractivity contribution in [2.75, 3.05) is 13.1 Å². The van der Waals surface area contributed by atoms with Crippen molar-refractivity contribution in [3.8, 4) is 0 Å². The van der Waals surface area contributed by atoms with Gasteiger partial charge in [-0.05, 0) is 34.1 Å². The standard InChI is InChI=1S/C10H10BrClN2O5S/c11-7-3-6(1-2-8(7)12)20(18,19)14-4-9(15)13-5-10(16)17/h1-3,14H,4-5H2,(H,13,15)(H,16,17). The van der Waals surface area contributed by atoms with Gasteiger partial charge in [-0.1, -0.05) is 11.6 Å². The van der Waals surface area contributed by atoms with Crippen molar-refractivity contribution in [1.29, 1.82) is 0 Å². The Morgan fingerprint density at radius 1 is 1.30 bits per heavy atom. The molecule has 0 atom stereocenters. The number of benzene rings is 1.